The van der Waals surface area contributed by atoms with Crippen molar-refractivity contribution in [3.63, 3.8) is 0 Å². The topological polar surface area (TPSA) is 3.24 Å². The summed E-state index contributed by atoms with van der Waals surface area (Å²) in [4.78, 5) is 2.27. The Morgan fingerprint density at radius 1 is 1.24 bits per heavy atom. The summed E-state index contributed by atoms with van der Waals surface area (Å²) in [6.07, 6.45) is 2.25. The van der Waals surface area contributed by atoms with Gasteiger partial charge in [0.15, 0.2) is 0 Å². The molecule has 0 amide bonds. The number of nitrogens with zero attached hydrogens (tertiary/aromatic N) is 1. The van der Waals surface area contributed by atoms with Crippen LogP contribution in [0.4, 0.5) is 5.69 Å². The molecule has 17 heavy (non-hydrogen) atoms. The van der Waals surface area contributed by atoms with Crippen LogP contribution in [0.25, 0.3) is 0 Å². The molecule has 1 aliphatic rings. The lowest BCUT2D eigenvalue weighted by atomic mass is 9.78. The molecule has 1 heteroatoms. The third-order valence-corrected chi connectivity index (χ3v) is 4.01. The summed E-state index contributed by atoms with van der Waals surface area (Å²) in [5.74, 6) is 0. The molecule has 1 heterocycles. The van der Waals surface area contributed by atoms with Crippen LogP contribution < -0.4 is 4.90 Å². The van der Waals surface area contributed by atoms with Crippen LogP contribution in [0.3, 0.4) is 0 Å². The molecule has 0 aromatic heterocycles. The van der Waals surface area contributed by atoms with Gasteiger partial charge in [0.05, 0.1) is 0 Å². The molecule has 1 aromatic carbocycles. The molecule has 0 bridgehead atoms. The summed E-state index contributed by atoms with van der Waals surface area (Å²) in [6, 6.07) is 4.59. The van der Waals surface area contributed by atoms with E-state index in [-0.39, 0.29) is 5.41 Å². The SMILES string of the molecule is C=C1CCC(C)(C)c2c(C)cc(C)cc2N1C. The quantitative estimate of drug-likeness (QED) is 0.640. The van der Waals surface area contributed by atoms with Crippen molar-refractivity contribution in [2.45, 2.75) is 46.0 Å². The smallest absolute Gasteiger partial charge is 0.0448 e. The fraction of sp³-hybridized carbons (Fsp3) is 0.500. The molecule has 1 aliphatic heterocycles. The zero-order valence-corrected chi connectivity index (χ0v) is 11.7. The molecular weight excluding hydrogens is 206 g/mol. The number of aryl methyl sites for hydroxylation is 2. The van der Waals surface area contributed by atoms with Crippen molar-refractivity contribution in [1.82, 2.24) is 0 Å². The van der Waals surface area contributed by atoms with E-state index < -0.39 is 0 Å². The van der Waals surface area contributed by atoms with Crippen LogP contribution >= 0.6 is 0 Å². The number of benzene rings is 1. The van der Waals surface area contributed by atoms with Crippen LogP contribution in [0.2, 0.25) is 0 Å². The van der Waals surface area contributed by atoms with Crippen LogP contribution in [0.15, 0.2) is 24.4 Å². The molecule has 0 saturated carbocycles. The fourth-order valence-electron chi connectivity index (χ4n) is 3.01. The lowest BCUT2D eigenvalue weighted by Crippen LogP contribution is -2.20. The van der Waals surface area contributed by atoms with E-state index in [1.54, 1.807) is 0 Å². The van der Waals surface area contributed by atoms with Gasteiger partial charge in [0.2, 0.25) is 0 Å². The summed E-state index contributed by atoms with van der Waals surface area (Å²) in [6.45, 7) is 13.3. The molecule has 0 unspecified atom stereocenters. The molecule has 0 N–H and O–H groups in total. The van der Waals surface area contributed by atoms with E-state index in [0.29, 0.717) is 0 Å². The summed E-state index contributed by atoms with van der Waals surface area (Å²) >= 11 is 0. The molecule has 0 saturated heterocycles. The van der Waals surface area contributed by atoms with Gasteiger partial charge in [-0.3, -0.25) is 0 Å². The molecular formula is C16H23N. The number of rotatable bonds is 0. The second-order valence-corrected chi connectivity index (χ2v) is 5.99. The van der Waals surface area contributed by atoms with E-state index in [1.807, 2.05) is 0 Å². The maximum absolute atomic E-state index is 4.20. The number of anilines is 1. The molecule has 0 spiro atoms. The normalized spacial score (nSPS) is 18.9. The van der Waals surface area contributed by atoms with Crippen LogP contribution in [-0.4, -0.2) is 7.05 Å². The summed E-state index contributed by atoms with van der Waals surface area (Å²) < 4.78 is 0. The Balaban J connectivity index is 2.73. The molecule has 1 nitrogen and oxygen atoms in total. The predicted octanol–water partition coefficient (Wildman–Crippen LogP) is 4.32. The van der Waals surface area contributed by atoms with Crippen LogP contribution in [-0.2, 0) is 5.41 Å². The minimum Gasteiger partial charge on any atom is -0.349 e. The Morgan fingerprint density at radius 3 is 2.53 bits per heavy atom. The highest BCUT2D eigenvalue weighted by Gasteiger charge is 2.30. The van der Waals surface area contributed by atoms with E-state index >= 15 is 0 Å². The zero-order valence-electron chi connectivity index (χ0n) is 11.7. The first-order valence-electron chi connectivity index (χ1n) is 6.36. The van der Waals surface area contributed by atoms with Gasteiger partial charge in [0.25, 0.3) is 0 Å². The van der Waals surface area contributed by atoms with Gasteiger partial charge in [0.1, 0.15) is 0 Å². The molecule has 1 aromatic rings. The summed E-state index contributed by atoms with van der Waals surface area (Å²) in [5.41, 5.74) is 7.03. The highest BCUT2D eigenvalue weighted by Crippen LogP contribution is 2.43. The first-order chi connectivity index (χ1) is 7.83. The predicted molar refractivity (Wildman–Crippen MR) is 75.7 cm³/mol. The number of fused-ring (bicyclic) bond motifs is 1. The van der Waals surface area contributed by atoms with Crippen molar-refractivity contribution in [2.24, 2.45) is 0 Å². The van der Waals surface area contributed by atoms with Crippen molar-refractivity contribution in [3.05, 3.63) is 41.1 Å². The van der Waals surface area contributed by atoms with Gasteiger partial charge < -0.3 is 4.90 Å². The van der Waals surface area contributed by atoms with Crippen molar-refractivity contribution < 1.29 is 0 Å². The van der Waals surface area contributed by atoms with E-state index in [4.69, 9.17) is 0 Å². The largest absolute Gasteiger partial charge is 0.349 e. The fourth-order valence-corrected chi connectivity index (χ4v) is 3.01. The molecule has 0 fully saturated rings. The monoisotopic (exact) mass is 229 g/mol. The third kappa shape index (κ3) is 1.99. The molecule has 0 atom stereocenters. The lowest BCUT2D eigenvalue weighted by molar-refractivity contribution is 0.485. The molecule has 0 radical (unpaired) electrons. The Hall–Kier alpha value is -1.24. The second kappa shape index (κ2) is 3.90. The van der Waals surface area contributed by atoms with Crippen molar-refractivity contribution in [1.29, 1.82) is 0 Å². The Bertz CT molecular complexity index is 469. The lowest BCUT2D eigenvalue weighted by Gasteiger charge is -2.29. The molecule has 2 rings (SSSR count). The van der Waals surface area contributed by atoms with Gasteiger partial charge in [-0.05, 0) is 54.9 Å². The van der Waals surface area contributed by atoms with Crippen LogP contribution in [0.1, 0.15) is 43.4 Å². The van der Waals surface area contributed by atoms with Gasteiger partial charge in [-0.15, -0.1) is 0 Å². The number of hydrogen-bond acceptors (Lipinski definition) is 1. The highest BCUT2D eigenvalue weighted by molar-refractivity contribution is 5.64. The molecule has 0 aliphatic carbocycles. The Morgan fingerprint density at radius 2 is 1.88 bits per heavy atom. The van der Waals surface area contributed by atoms with E-state index in [2.05, 4.69) is 58.4 Å². The Kier molecular flexibility index (Phi) is 2.81. The minimum absolute atomic E-state index is 0.237. The van der Waals surface area contributed by atoms with Crippen molar-refractivity contribution in [3.8, 4) is 0 Å². The summed E-state index contributed by atoms with van der Waals surface area (Å²) in [7, 11) is 2.14. The van der Waals surface area contributed by atoms with E-state index in [1.165, 1.54) is 34.5 Å². The van der Waals surface area contributed by atoms with Gasteiger partial charge in [-0.1, -0.05) is 26.5 Å². The zero-order chi connectivity index (χ0) is 12.8. The van der Waals surface area contributed by atoms with Crippen molar-refractivity contribution >= 4 is 5.69 Å². The minimum atomic E-state index is 0.237. The Labute approximate surface area is 105 Å². The first-order valence-corrected chi connectivity index (χ1v) is 6.36. The van der Waals surface area contributed by atoms with Gasteiger partial charge in [0, 0.05) is 18.4 Å². The second-order valence-electron chi connectivity index (χ2n) is 5.99. The van der Waals surface area contributed by atoms with E-state index in [9.17, 15) is 0 Å². The highest BCUT2D eigenvalue weighted by atomic mass is 15.1. The summed E-state index contributed by atoms with van der Waals surface area (Å²) in [5, 5.41) is 0. The maximum Gasteiger partial charge on any atom is 0.0448 e. The van der Waals surface area contributed by atoms with Crippen LogP contribution in [0, 0.1) is 13.8 Å². The number of allylic oxidation sites excluding steroid dienone is 1. The first kappa shape index (κ1) is 12.2. The van der Waals surface area contributed by atoms with Gasteiger partial charge >= 0.3 is 0 Å². The standard InChI is InChI=1S/C16H23N/c1-11-9-12(2)15-14(10-11)17(6)13(3)7-8-16(15,4)5/h9-10H,3,7-8H2,1-2,4-6H3. The van der Waals surface area contributed by atoms with Crippen LogP contribution in [0.5, 0.6) is 0 Å². The van der Waals surface area contributed by atoms with Gasteiger partial charge in [-0.25, -0.2) is 0 Å². The van der Waals surface area contributed by atoms with E-state index in [0.717, 1.165) is 6.42 Å². The van der Waals surface area contributed by atoms with Crippen molar-refractivity contribution in [2.75, 3.05) is 11.9 Å². The molecule has 92 valence electrons. The average Bonchev–Trinajstić information content (AvgIpc) is 2.29. The van der Waals surface area contributed by atoms with Gasteiger partial charge in [-0.2, -0.15) is 0 Å². The number of hydrogen-bond donors (Lipinski definition) is 0. The third-order valence-electron chi connectivity index (χ3n) is 4.01. The maximum atomic E-state index is 4.20. The average molecular weight is 229 g/mol.